The van der Waals surface area contributed by atoms with Gasteiger partial charge in [-0.2, -0.15) is 0 Å². The first-order valence-electron chi connectivity index (χ1n) is 3.18. The Bertz CT molecular complexity index is 325. The van der Waals surface area contributed by atoms with Gasteiger partial charge in [0.25, 0.3) is 0 Å². The molecule has 0 amide bonds. The van der Waals surface area contributed by atoms with Crippen molar-refractivity contribution in [2.24, 2.45) is 0 Å². The Morgan fingerprint density at radius 1 is 1.58 bits per heavy atom. The number of hydrogen-bond acceptors (Lipinski definition) is 3. The van der Waals surface area contributed by atoms with Crippen LogP contribution in [-0.4, -0.2) is 17.4 Å². The second kappa shape index (κ2) is 3.82. The third kappa shape index (κ3) is 1.79. The van der Waals surface area contributed by atoms with E-state index in [0.717, 1.165) is 0 Å². The van der Waals surface area contributed by atoms with E-state index in [2.05, 4.69) is 0 Å². The third-order valence-electron chi connectivity index (χ3n) is 1.25. The summed E-state index contributed by atoms with van der Waals surface area (Å²) in [5.74, 6) is -0.971. The van der Waals surface area contributed by atoms with Crippen molar-refractivity contribution >= 4 is 29.7 Å². The van der Waals surface area contributed by atoms with E-state index in [9.17, 15) is 9.59 Å². The molecular weight excluding hydrogens is 176 g/mol. The van der Waals surface area contributed by atoms with Crippen molar-refractivity contribution < 1.29 is 14.7 Å². The minimum atomic E-state index is -0.971. The summed E-state index contributed by atoms with van der Waals surface area (Å²) in [5, 5.41) is 10.3. The average Bonchev–Trinajstić information content (AvgIpc) is 2.48. The smallest absolute Gasteiger partial charge is 0.337 e. The number of carboxylic acid groups (broad SMARTS) is 1. The van der Waals surface area contributed by atoms with Crippen molar-refractivity contribution in [3.8, 4) is 0 Å². The lowest BCUT2D eigenvalue weighted by atomic mass is 10.2. The lowest BCUT2D eigenvalue weighted by Crippen LogP contribution is -1.94. The minimum absolute atomic E-state index is 0.234. The molecule has 4 heteroatoms. The van der Waals surface area contributed by atoms with Crippen LogP contribution in [0.5, 0.6) is 0 Å². The molecule has 1 heterocycles. The number of aldehydes is 1. The summed E-state index contributed by atoms with van der Waals surface area (Å²) in [4.78, 5) is 21.1. The molecule has 0 aromatic carbocycles. The first-order chi connectivity index (χ1) is 5.75. The normalized spacial score (nSPS) is 10.3. The van der Waals surface area contributed by atoms with Crippen LogP contribution in [0, 0.1) is 0 Å². The van der Waals surface area contributed by atoms with Crippen molar-refractivity contribution in [2.75, 3.05) is 0 Å². The van der Waals surface area contributed by atoms with E-state index in [1.165, 1.54) is 29.6 Å². The van der Waals surface area contributed by atoms with Crippen molar-refractivity contribution in [1.82, 2.24) is 0 Å². The zero-order chi connectivity index (χ0) is 8.97. The summed E-state index contributed by atoms with van der Waals surface area (Å²) in [6, 6.07) is 1.51. The van der Waals surface area contributed by atoms with Gasteiger partial charge in [-0.15, -0.1) is 11.3 Å². The fourth-order valence-electron chi connectivity index (χ4n) is 0.753. The number of carbonyl (C=O) groups excluding carboxylic acids is 1. The highest BCUT2D eigenvalue weighted by atomic mass is 32.1. The van der Waals surface area contributed by atoms with E-state index >= 15 is 0 Å². The lowest BCUT2D eigenvalue weighted by molar-refractivity contribution is -0.104. The number of aromatic carboxylic acids is 1. The Hall–Kier alpha value is -1.42. The summed E-state index contributed by atoms with van der Waals surface area (Å²) in [6.45, 7) is 0. The predicted octanol–water partition coefficient (Wildman–Crippen LogP) is 1.66. The number of carbonyl (C=O) groups is 2. The third-order valence-corrected chi connectivity index (χ3v) is 2.13. The first-order valence-corrected chi connectivity index (χ1v) is 4.06. The van der Waals surface area contributed by atoms with Gasteiger partial charge in [-0.05, 0) is 23.6 Å². The van der Waals surface area contributed by atoms with Crippen molar-refractivity contribution in [1.29, 1.82) is 0 Å². The molecule has 0 bridgehead atoms. The first kappa shape index (κ1) is 8.67. The second-order valence-electron chi connectivity index (χ2n) is 2.00. The van der Waals surface area contributed by atoms with Gasteiger partial charge in [0, 0.05) is 4.88 Å². The molecule has 0 unspecified atom stereocenters. The molecule has 0 radical (unpaired) electrons. The van der Waals surface area contributed by atoms with Gasteiger partial charge in [-0.25, -0.2) is 4.79 Å². The Labute approximate surface area is 73.0 Å². The van der Waals surface area contributed by atoms with E-state index in [1.807, 2.05) is 0 Å². The SMILES string of the molecule is O=CC=Cc1sccc1C(=O)O. The molecule has 0 aliphatic rings. The van der Waals surface area contributed by atoms with Gasteiger partial charge >= 0.3 is 5.97 Å². The molecule has 0 fully saturated rings. The summed E-state index contributed by atoms with van der Waals surface area (Å²) < 4.78 is 0. The van der Waals surface area contributed by atoms with Crippen LogP contribution in [0.25, 0.3) is 6.08 Å². The zero-order valence-electron chi connectivity index (χ0n) is 6.06. The van der Waals surface area contributed by atoms with Gasteiger partial charge in [-0.3, -0.25) is 4.79 Å². The molecule has 0 aliphatic heterocycles. The fraction of sp³-hybridized carbons (Fsp3) is 0. The maximum atomic E-state index is 10.5. The molecule has 12 heavy (non-hydrogen) atoms. The second-order valence-corrected chi connectivity index (χ2v) is 2.95. The molecule has 0 spiro atoms. The van der Waals surface area contributed by atoms with Crippen LogP contribution in [0.3, 0.4) is 0 Å². The standard InChI is InChI=1S/C8H6O3S/c9-4-1-2-7-6(8(10)11)3-5-12-7/h1-5H,(H,10,11). The number of thiophene rings is 1. The molecule has 0 saturated carbocycles. The molecule has 0 saturated heterocycles. The van der Waals surface area contributed by atoms with Crippen molar-refractivity contribution in [3.05, 3.63) is 28.0 Å². The maximum Gasteiger partial charge on any atom is 0.337 e. The van der Waals surface area contributed by atoms with E-state index in [-0.39, 0.29) is 5.56 Å². The van der Waals surface area contributed by atoms with Crippen LogP contribution < -0.4 is 0 Å². The lowest BCUT2D eigenvalue weighted by Gasteiger charge is -1.89. The van der Waals surface area contributed by atoms with E-state index < -0.39 is 5.97 Å². The summed E-state index contributed by atoms with van der Waals surface area (Å²) in [6.07, 6.45) is 3.38. The summed E-state index contributed by atoms with van der Waals surface area (Å²) in [7, 11) is 0. The summed E-state index contributed by atoms with van der Waals surface area (Å²) in [5.41, 5.74) is 0.234. The number of allylic oxidation sites excluding steroid dienone is 1. The number of rotatable bonds is 3. The Morgan fingerprint density at radius 3 is 2.92 bits per heavy atom. The fourth-order valence-corrected chi connectivity index (χ4v) is 1.54. The van der Waals surface area contributed by atoms with Gasteiger partial charge in [0.15, 0.2) is 0 Å². The highest BCUT2D eigenvalue weighted by Crippen LogP contribution is 2.17. The van der Waals surface area contributed by atoms with Crippen LogP contribution in [0.4, 0.5) is 0 Å². The quantitative estimate of drug-likeness (QED) is 0.571. The molecule has 0 atom stereocenters. The van der Waals surface area contributed by atoms with Crippen LogP contribution in [0.2, 0.25) is 0 Å². The monoisotopic (exact) mass is 182 g/mol. The number of hydrogen-bond donors (Lipinski definition) is 1. The van der Waals surface area contributed by atoms with Crippen molar-refractivity contribution in [2.45, 2.75) is 0 Å². The van der Waals surface area contributed by atoms with E-state index in [4.69, 9.17) is 5.11 Å². The number of carboxylic acids is 1. The van der Waals surface area contributed by atoms with E-state index in [1.54, 1.807) is 5.38 Å². The molecule has 0 aliphatic carbocycles. The van der Waals surface area contributed by atoms with Gasteiger partial charge < -0.3 is 5.11 Å². The van der Waals surface area contributed by atoms with Gasteiger partial charge in [0.05, 0.1) is 5.56 Å². The summed E-state index contributed by atoms with van der Waals surface area (Å²) >= 11 is 1.29. The molecule has 1 rings (SSSR count). The van der Waals surface area contributed by atoms with Crippen LogP contribution in [0.1, 0.15) is 15.2 Å². The predicted molar refractivity (Wildman–Crippen MR) is 46.4 cm³/mol. The van der Waals surface area contributed by atoms with Crippen LogP contribution in [-0.2, 0) is 4.79 Å². The molecule has 1 aromatic rings. The highest BCUT2D eigenvalue weighted by Gasteiger charge is 2.07. The Balaban J connectivity index is 2.99. The largest absolute Gasteiger partial charge is 0.478 e. The molecular formula is C8H6O3S. The van der Waals surface area contributed by atoms with Crippen LogP contribution in [0.15, 0.2) is 17.5 Å². The zero-order valence-corrected chi connectivity index (χ0v) is 6.88. The Kier molecular flexibility index (Phi) is 2.76. The van der Waals surface area contributed by atoms with Crippen molar-refractivity contribution in [3.63, 3.8) is 0 Å². The van der Waals surface area contributed by atoms with Crippen LogP contribution >= 0.6 is 11.3 Å². The minimum Gasteiger partial charge on any atom is -0.478 e. The Morgan fingerprint density at radius 2 is 2.33 bits per heavy atom. The molecule has 62 valence electrons. The van der Waals surface area contributed by atoms with Gasteiger partial charge in [0.1, 0.15) is 6.29 Å². The highest BCUT2D eigenvalue weighted by molar-refractivity contribution is 7.11. The molecule has 1 aromatic heterocycles. The molecule has 1 N–H and O–H groups in total. The maximum absolute atomic E-state index is 10.5. The average molecular weight is 182 g/mol. The molecule has 3 nitrogen and oxygen atoms in total. The van der Waals surface area contributed by atoms with Gasteiger partial charge in [-0.1, -0.05) is 0 Å². The van der Waals surface area contributed by atoms with E-state index in [0.29, 0.717) is 11.2 Å². The topological polar surface area (TPSA) is 54.4 Å². The van der Waals surface area contributed by atoms with Gasteiger partial charge in [0.2, 0.25) is 0 Å².